The summed E-state index contributed by atoms with van der Waals surface area (Å²) in [4.78, 5) is 22.8. The largest absolute Gasteiger partial charge is 0.351 e. The number of hydrogen-bond acceptors (Lipinski definition) is 2. The number of amides is 3. The zero-order chi connectivity index (χ0) is 15.4. The summed E-state index contributed by atoms with van der Waals surface area (Å²) in [5.41, 5.74) is 6.60. The summed E-state index contributed by atoms with van der Waals surface area (Å²) in [6.07, 6.45) is 0. The van der Waals surface area contributed by atoms with Crippen molar-refractivity contribution in [3.63, 3.8) is 0 Å². The molecule has 0 aliphatic heterocycles. The van der Waals surface area contributed by atoms with Gasteiger partial charge in [0.15, 0.2) is 0 Å². The number of benzene rings is 2. The molecule has 0 aliphatic carbocycles. The number of nitrogens with two attached hydrogens (primary N) is 1. The average Bonchev–Trinajstić information content (AvgIpc) is 2.42. The quantitative estimate of drug-likeness (QED) is 0.811. The fourth-order valence-electron chi connectivity index (χ4n) is 1.75. The number of aryl methyl sites for hydroxylation is 1. The third kappa shape index (κ3) is 3.79. The number of nitrogens with one attached hydrogen (secondary N) is 2. The molecule has 0 fully saturated rings. The van der Waals surface area contributed by atoms with Gasteiger partial charge in [0, 0.05) is 16.9 Å². The second-order valence-corrected chi connectivity index (χ2v) is 4.49. The highest BCUT2D eigenvalue weighted by Crippen LogP contribution is 2.16. The van der Waals surface area contributed by atoms with Gasteiger partial charge in [-0.15, -0.1) is 0 Å². The molecule has 0 aromatic heterocycles. The summed E-state index contributed by atoms with van der Waals surface area (Å²) in [6, 6.07) is 9.99. The van der Waals surface area contributed by atoms with Crippen LogP contribution in [0, 0.1) is 12.7 Å². The summed E-state index contributed by atoms with van der Waals surface area (Å²) in [5, 5.41) is 4.96. The standard InChI is InChI=1S/C15H14FN3O2/c1-9-5-6-12(8-13(9)16)18-14(20)10-3-2-4-11(7-10)19-15(17)21/h2-8H,1H3,(H,18,20)(H3,17,19,21). The maximum atomic E-state index is 13.4. The summed E-state index contributed by atoms with van der Waals surface area (Å²) < 4.78 is 13.4. The van der Waals surface area contributed by atoms with Crippen LogP contribution < -0.4 is 16.4 Å². The molecule has 21 heavy (non-hydrogen) atoms. The highest BCUT2D eigenvalue weighted by Gasteiger charge is 2.08. The number of carbonyl (C=O) groups is 2. The Morgan fingerprint density at radius 1 is 1.05 bits per heavy atom. The van der Waals surface area contributed by atoms with Crippen molar-refractivity contribution < 1.29 is 14.0 Å². The Hall–Kier alpha value is -2.89. The summed E-state index contributed by atoms with van der Waals surface area (Å²) in [6.45, 7) is 1.64. The molecule has 0 bridgehead atoms. The van der Waals surface area contributed by atoms with E-state index in [0.717, 1.165) is 0 Å². The molecule has 4 N–H and O–H groups in total. The molecular weight excluding hydrogens is 273 g/mol. The van der Waals surface area contributed by atoms with E-state index in [1.807, 2.05) is 0 Å². The van der Waals surface area contributed by atoms with Crippen LogP contribution in [0.15, 0.2) is 42.5 Å². The molecule has 0 atom stereocenters. The van der Waals surface area contributed by atoms with Crippen LogP contribution in [-0.2, 0) is 0 Å². The van der Waals surface area contributed by atoms with E-state index in [4.69, 9.17) is 5.73 Å². The van der Waals surface area contributed by atoms with Crippen LogP contribution >= 0.6 is 0 Å². The summed E-state index contributed by atoms with van der Waals surface area (Å²) in [7, 11) is 0. The zero-order valence-corrected chi connectivity index (χ0v) is 11.3. The Morgan fingerprint density at radius 3 is 2.43 bits per heavy atom. The Bertz CT molecular complexity index is 701. The molecule has 0 spiro atoms. The Labute approximate surface area is 121 Å². The van der Waals surface area contributed by atoms with Gasteiger partial charge in [-0.25, -0.2) is 9.18 Å². The molecule has 2 aromatic rings. The molecular formula is C15H14FN3O2. The first kappa shape index (κ1) is 14.5. The maximum Gasteiger partial charge on any atom is 0.316 e. The Morgan fingerprint density at radius 2 is 1.76 bits per heavy atom. The van der Waals surface area contributed by atoms with Crippen molar-refractivity contribution in [1.82, 2.24) is 0 Å². The lowest BCUT2D eigenvalue weighted by Gasteiger charge is -2.08. The van der Waals surface area contributed by atoms with Crippen molar-refractivity contribution in [3.8, 4) is 0 Å². The molecule has 0 radical (unpaired) electrons. The third-order valence-corrected chi connectivity index (χ3v) is 2.82. The van der Waals surface area contributed by atoms with Gasteiger partial charge >= 0.3 is 6.03 Å². The minimum absolute atomic E-state index is 0.322. The lowest BCUT2D eigenvalue weighted by atomic mass is 10.1. The number of primary amides is 1. The smallest absolute Gasteiger partial charge is 0.316 e. The Kier molecular flexibility index (Phi) is 4.18. The van der Waals surface area contributed by atoms with Gasteiger partial charge in [-0.1, -0.05) is 12.1 Å². The topological polar surface area (TPSA) is 84.2 Å². The van der Waals surface area contributed by atoms with E-state index in [-0.39, 0.29) is 0 Å². The minimum atomic E-state index is -0.715. The van der Waals surface area contributed by atoms with Crippen LogP contribution in [0.5, 0.6) is 0 Å². The fraction of sp³-hybridized carbons (Fsp3) is 0.0667. The van der Waals surface area contributed by atoms with Gasteiger partial charge in [-0.2, -0.15) is 0 Å². The van der Waals surface area contributed by atoms with Crippen molar-refractivity contribution in [2.24, 2.45) is 5.73 Å². The minimum Gasteiger partial charge on any atom is -0.351 e. The van der Waals surface area contributed by atoms with Crippen molar-refractivity contribution in [1.29, 1.82) is 0 Å². The fourth-order valence-corrected chi connectivity index (χ4v) is 1.75. The molecule has 0 saturated heterocycles. The monoisotopic (exact) mass is 287 g/mol. The highest BCUT2D eigenvalue weighted by atomic mass is 19.1. The van der Waals surface area contributed by atoms with E-state index in [1.54, 1.807) is 37.3 Å². The normalized spacial score (nSPS) is 10.0. The molecule has 0 unspecified atom stereocenters. The molecule has 108 valence electrons. The van der Waals surface area contributed by atoms with Crippen LogP contribution in [0.2, 0.25) is 0 Å². The Balaban J connectivity index is 2.16. The number of halogens is 1. The zero-order valence-electron chi connectivity index (χ0n) is 11.3. The summed E-state index contributed by atoms with van der Waals surface area (Å²) >= 11 is 0. The first-order valence-electron chi connectivity index (χ1n) is 6.20. The SMILES string of the molecule is Cc1ccc(NC(=O)c2cccc(NC(N)=O)c2)cc1F. The first-order valence-corrected chi connectivity index (χ1v) is 6.20. The predicted molar refractivity (Wildman–Crippen MR) is 78.7 cm³/mol. The van der Waals surface area contributed by atoms with E-state index in [2.05, 4.69) is 10.6 Å². The third-order valence-electron chi connectivity index (χ3n) is 2.82. The first-order chi connectivity index (χ1) is 9.95. The highest BCUT2D eigenvalue weighted by molar-refractivity contribution is 6.05. The van der Waals surface area contributed by atoms with Crippen LogP contribution in [0.1, 0.15) is 15.9 Å². The van der Waals surface area contributed by atoms with Crippen LogP contribution in [0.4, 0.5) is 20.6 Å². The second-order valence-electron chi connectivity index (χ2n) is 4.49. The molecule has 0 aliphatic rings. The van der Waals surface area contributed by atoms with Crippen LogP contribution in [0.25, 0.3) is 0 Å². The van der Waals surface area contributed by atoms with E-state index < -0.39 is 17.8 Å². The number of carbonyl (C=O) groups excluding carboxylic acids is 2. The van der Waals surface area contributed by atoms with E-state index in [1.165, 1.54) is 12.1 Å². The van der Waals surface area contributed by atoms with Gasteiger partial charge < -0.3 is 16.4 Å². The van der Waals surface area contributed by atoms with Gasteiger partial charge in [-0.05, 0) is 42.8 Å². The van der Waals surface area contributed by atoms with Crippen molar-refractivity contribution in [2.75, 3.05) is 10.6 Å². The maximum absolute atomic E-state index is 13.4. The van der Waals surface area contributed by atoms with Crippen molar-refractivity contribution in [2.45, 2.75) is 6.92 Å². The van der Waals surface area contributed by atoms with E-state index >= 15 is 0 Å². The van der Waals surface area contributed by atoms with E-state index in [9.17, 15) is 14.0 Å². The lowest BCUT2D eigenvalue weighted by Crippen LogP contribution is -2.19. The van der Waals surface area contributed by atoms with Gasteiger partial charge in [0.1, 0.15) is 5.82 Å². The number of hydrogen-bond donors (Lipinski definition) is 3. The summed E-state index contributed by atoms with van der Waals surface area (Å²) in [5.74, 6) is -0.802. The lowest BCUT2D eigenvalue weighted by molar-refractivity contribution is 0.102. The molecule has 6 heteroatoms. The molecule has 0 saturated carbocycles. The average molecular weight is 287 g/mol. The van der Waals surface area contributed by atoms with Crippen LogP contribution in [-0.4, -0.2) is 11.9 Å². The van der Waals surface area contributed by atoms with E-state index in [0.29, 0.717) is 22.5 Å². The second kappa shape index (κ2) is 6.04. The number of rotatable bonds is 3. The molecule has 2 rings (SSSR count). The number of urea groups is 1. The number of anilines is 2. The molecule has 2 aromatic carbocycles. The molecule has 0 heterocycles. The van der Waals surface area contributed by atoms with Gasteiger partial charge in [0.2, 0.25) is 0 Å². The van der Waals surface area contributed by atoms with Gasteiger partial charge in [-0.3, -0.25) is 4.79 Å². The predicted octanol–water partition coefficient (Wildman–Crippen LogP) is 2.88. The van der Waals surface area contributed by atoms with Crippen molar-refractivity contribution >= 4 is 23.3 Å². The van der Waals surface area contributed by atoms with Crippen molar-refractivity contribution in [3.05, 3.63) is 59.4 Å². The molecule has 5 nitrogen and oxygen atoms in total. The van der Waals surface area contributed by atoms with Gasteiger partial charge in [0.05, 0.1) is 0 Å². The molecule has 3 amide bonds. The van der Waals surface area contributed by atoms with Gasteiger partial charge in [0.25, 0.3) is 5.91 Å². The van der Waals surface area contributed by atoms with Crippen LogP contribution in [0.3, 0.4) is 0 Å².